The van der Waals surface area contributed by atoms with Crippen molar-refractivity contribution in [3.63, 3.8) is 0 Å². The Labute approximate surface area is 149 Å². The molecular weight excluding hydrogens is 338 g/mol. The highest BCUT2D eigenvalue weighted by molar-refractivity contribution is 7.92. The molecule has 134 valence electrons. The highest BCUT2D eigenvalue weighted by atomic mass is 32.2. The van der Waals surface area contributed by atoms with Gasteiger partial charge in [-0.15, -0.1) is 0 Å². The van der Waals surface area contributed by atoms with Gasteiger partial charge in [-0.25, -0.2) is 8.42 Å². The fourth-order valence-electron chi connectivity index (χ4n) is 2.97. The van der Waals surface area contributed by atoms with Crippen LogP contribution >= 0.6 is 0 Å². The van der Waals surface area contributed by atoms with Crippen molar-refractivity contribution in [3.8, 4) is 5.75 Å². The summed E-state index contributed by atoms with van der Waals surface area (Å²) < 4.78 is 30.2. The topological polar surface area (TPSA) is 61.9 Å². The molecule has 3 rings (SSSR count). The Hall–Kier alpha value is -2.41. The van der Waals surface area contributed by atoms with Gasteiger partial charge >= 0.3 is 0 Å². The number of hydrogen-bond acceptors (Lipinski definition) is 5. The molecule has 0 spiro atoms. The molecule has 0 atom stereocenters. The van der Waals surface area contributed by atoms with Crippen molar-refractivity contribution < 1.29 is 13.2 Å². The molecule has 0 amide bonds. The van der Waals surface area contributed by atoms with Crippen LogP contribution < -0.4 is 19.3 Å². The standard InChI is InChI=1S/C18H23N3O3S/c1-24-18-9-7-17(8-10-18)21-13-11-20(12-14-21)16-5-3-15(4-6-16)19-25(2,22)23/h3-10,19H,11-14H2,1-2H3. The average Bonchev–Trinajstić information content (AvgIpc) is 2.61. The number of nitrogens with one attached hydrogen (secondary N) is 1. The van der Waals surface area contributed by atoms with Gasteiger partial charge in [0.2, 0.25) is 10.0 Å². The summed E-state index contributed by atoms with van der Waals surface area (Å²) in [7, 11) is -1.57. The second-order valence-corrected chi connectivity index (χ2v) is 7.84. The van der Waals surface area contributed by atoms with E-state index < -0.39 is 10.0 Å². The van der Waals surface area contributed by atoms with Crippen LogP contribution in [-0.4, -0.2) is 48.0 Å². The van der Waals surface area contributed by atoms with Gasteiger partial charge in [0, 0.05) is 43.2 Å². The third kappa shape index (κ3) is 4.57. The van der Waals surface area contributed by atoms with Gasteiger partial charge in [-0.05, 0) is 48.5 Å². The number of methoxy groups -OCH3 is 1. The first-order valence-electron chi connectivity index (χ1n) is 8.16. The van der Waals surface area contributed by atoms with Crippen LogP contribution in [-0.2, 0) is 10.0 Å². The van der Waals surface area contributed by atoms with Crippen LogP contribution in [0.2, 0.25) is 0 Å². The summed E-state index contributed by atoms with van der Waals surface area (Å²) in [6, 6.07) is 15.6. The Morgan fingerprint density at radius 3 is 1.68 bits per heavy atom. The van der Waals surface area contributed by atoms with Crippen molar-refractivity contribution in [1.82, 2.24) is 0 Å². The number of nitrogens with zero attached hydrogens (tertiary/aromatic N) is 2. The maximum absolute atomic E-state index is 11.3. The Kier molecular flexibility index (Phi) is 5.03. The molecule has 2 aromatic rings. The van der Waals surface area contributed by atoms with Crippen molar-refractivity contribution in [2.75, 3.05) is 54.1 Å². The predicted molar refractivity (Wildman–Crippen MR) is 102 cm³/mol. The fourth-order valence-corrected chi connectivity index (χ4v) is 3.53. The van der Waals surface area contributed by atoms with Crippen LogP contribution in [0.5, 0.6) is 5.75 Å². The fraction of sp³-hybridized carbons (Fsp3) is 0.333. The molecule has 1 saturated heterocycles. The summed E-state index contributed by atoms with van der Waals surface area (Å²) in [4.78, 5) is 4.67. The van der Waals surface area contributed by atoms with Crippen LogP contribution in [0.4, 0.5) is 17.1 Å². The number of rotatable bonds is 5. The molecular formula is C18H23N3O3S. The van der Waals surface area contributed by atoms with Crippen LogP contribution in [0.25, 0.3) is 0 Å². The lowest BCUT2D eigenvalue weighted by Crippen LogP contribution is -2.46. The van der Waals surface area contributed by atoms with Gasteiger partial charge in [0.05, 0.1) is 13.4 Å². The summed E-state index contributed by atoms with van der Waals surface area (Å²) >= 11 is 0. The summed E-state index contributed by atoms with van der Waals surface area (Å²) in [6.45, 7) is 3.72. The monoisotopic (exact) mass is 361 g/mol. The van der Waals surface area contributed by atoms with E-state index in [0.717, 1.165) is 43.9 Å². The minimum atomic E-state index is -3.24. The van der Waals surface area contributed by atoms with Gasteiger partial charge < -0.3 is 14.5 Å². The Morgan fingerprint density at radius 2 is 1.28 bits per heavy atom. The molecule has 0 unspecified atom stereocenters. The first kappa shape index (κ1) is 17.4. The SMILES string of the molecule is COc1ccc(N2CCN(c3ccc(NS(C)(=O)=O)cc3)CC2)cc1. The molecule has 1 aliphatic rings. The smallest absolute Gasteiger partial charge is 0.229 e. The zero-order valence-electron chi connectivity index (χ0n) is 14.5. The lowest BCUT2D eigenvalue weighted by molar-refractivity contribution is 0.415. The number of benzene rings is 2. The van der Waals surface area contributed by atoms with Crippen molar-refractivity contribution in [2.24, 2.45) is 0 Å². The maximum atomic E-state index is 11.3. The van der Waals surface area contributed by atoms with E-state index in [4.69, 9.17) is 4.74 Å². The van der Waals surface area contributed by atoms with Crippen molar-refractivity contribution >= 4 is 27.1 Å². The van der Waals surface area contributed by atoms with Gasteiger partial charge in [-0.3, -0.25) is 4.72 Å². The van der Waals surface area contributed by atoms with Gasteiger partial charge in [-0.2, -0.15) is 0 Å². The van der Waals surface area contributed by atoms with E-state index in [0.29, 0.717) is 5.69 Å². The molecule has 6 nitrogen and oxygen atoms in total. The molecule has 1 aliphatic heterocycles. The summed E-state index contributed by atoms with van der Waals surface area (Å²) in [5.74, 6) is 0.866. The predicted octanol–water partition coefficient (Wildman–Crippen LogP) is 2.39. The molecule has 0 saturated carbocycles. The van der Waals surface area contributed by atoms with Gasteiger partial charge in [0.15, 0.2) is 0 Å². The van der Waals surface area contributed by atoms with Crippen LogP contribution in [0.3, 0.4) is 0 Å². The molecule has 1 heterocycles. The Bertz CT molecular complexity index is 796. The van der Waals surface area contributed by atoms with Gasteiger partial charge in [0.25, 0.3) is 0 Å². The number of anilines is 3. The molecule has 1 fully saturated rings. The van der Waals surface area contributed by atoms with E-state index in [2.05, 4.69) is 26.7 Å². The largest absolute Gasteiger partial charge is 0.497 e. The highest BCUT2D eigenvalue weighted by Gasteiger charge is 2.17. The normalized spacial score (nSPS) is 15.1. The lowest BCUT2D eigenvalue weighted by atomic mass is 10.2. The molecule has 0 radical (unpaired) electrons. The second-order valence-electron chi connectivity index (χ2n) is 6.09. The zero-order chi connectivity index (χ0) is 17.9. The van der Waals surface area contributed by atoms with Gasteiger partial charge in [0.1, 0.15) is 5.75 Å². The lowest BCUT2D eigenvalue weighted by Gasteiger charge is -2.37. The van der Waals surface area contributed by atoms with Crippen molar-refractivity contribution in [3.05, 3.63) is 48.5 Å². The molecule has 7 heteroatoms. The molecule has 0 bridgehead atoms. The number of piperazine rings is 1. The number of hydrogen-bond donors (Lipinski definition) is 1. The van der Waals surface area contributed by atoms with E-state index in [1.807, 2.05) is 24.3 Å². The number of ether oxygens (including phenoxy) is 1. The Morgan fingerprint density at radius 1 is 0.840 bits per heavy atom. The molecule has 2 aromatic carbocycles. The maximum Gasteiger partial charge on any atom is 0.229 e. The zero-order valence-corrected chi connectivity index (χ0v) is 15.3. The Balaban J connectivity index is 1.60. The summed E-state index contributed by atoms with van der Waals surface area (Å²) in [6.07, 6.45) is 1.15. The van der Waals surface area contributed by atoms with E-state index in [1.165, 1.54) is 5.69 Å². The summed E-state index contributed by atoms with van der Waals surface area (Å²) in [5.41, 5.74) is 2.89. The number of sulfonamides is 1. The third-order valence-corrected chi connectivity index (χ3v) is 4.86. The minimum absolute atomic E-state index is 0.586. The van der Waals surface area contributed by atoms with Crippen molar-refractivity contribution in [2.45, 2.75) is 0 Å². The first-order valence-corrected chi connectivity index (χ1v) is 10.1. The van der Waals surface area contributed by atoms with E-state index in [9.17, 15) is 8.42 Å². The minimum Gasteiger partial charge on any atom is -0.497 e. The van der Waals surface area contributed by atoms with Crippen LogP contribution in [0.1, 0.15) is 0 Å². The van der Waals surface area contributed by atoms with Crippen LogP contribution in [0.15, 0.2) is 48.5 Å². The highest BCUT2D eigenvalue weighted by Crippen LogP contribution is 2.24. The van der Waals surface area contributed by atoms with Gasteiger partial charge in [-0.1, -0.05) is 0 Å². The van der Waals surface area contributed by atoms with Crippen LogP contribution in [0, 0.1) is 0 Å². The second kappa shape index (κ2) is 7.23. The third-order valence-electron chi connectivity index (χ3n) is 4.25. The molecule has 0 aromatic heterocycles. The van der Waals surface area contributed by atoms with E-state index in [-0.39, 0.29) is 0 Å². The summed E-state index contributed by atoms with van der Waals surface area (Å²) in [5, 5.41) is 0. The molecule has 0 aliphatic carbocycles. The molecule has 25 heavy (non-hydrogen) atoms. The van der Waals surface area contributed by atoms with E-state index in [1.54, 1.807) is 19.2 Å². The van der Waals surface area contributed by atoms with Crippen molar-refractivity contribution in [1.29, 1.82) is 0 Å². The van der Waals surface area contributed by atoms with E-state index >= 15 is 0 Å². The average molecular weight is 361 g/mol. The molecule has 1 N–H and O–H groups in total. The first-order chi connectivity index (χ1) is 11.9. The quantitative estimate of drug-likeness (QED) is 0.886.